The van der Waals surface area contributed by atoms with Gasteiger partial charge in [-0.05, 0) is 71.6 Å². The molecule has 2 saturated heterocycles. The number of hydrogen-bond acceptors (Lipinski definition) is 3. The number of hydrogen-bond donors (Lipinski definition) is 0. The second kappa shape index (κ2) is 6.73. The Bertz CT molecular complexity index is 457. The first-order valence-corrected chi connectivity index (χ1v) is 8.32. The van der Waals surface area contributed by atoms with Crippen molar-refractivity contribution in [1.29, 1.82) is 0 Å². The van der Waals surface area contributed by atoms with Crippen molar-refractivity contribution in [2.75, 3.05) is 19.6 Å². The molecule has 0 unspecified atom stereocenters. The van der Waals surface area contributed by atoms with Gasteiger partial charge >= 0.3 is 7.12 Å². The summed E-state index contributed by atoms with van der Waals surface area (Å²) in [6.45, 7) is 17.9. The molecule has 0 aromatic rings. The van der Waals surface area contributed by atoms with E-state index in [1.165, 1.54) is 25.9 Å². The van der Waals surface area contributed by atoms with Crippen LogP contribution in [0.3, 0.4) is 0 Å². The van der Waals surface area contributed by atoms with Crippen LogP contribution in [0.25, 0.3) is 0 Å². The molecule has 2 rings (SSSR count). The number of nitrogens with zero attached hydrogens (tertiary/aromatic N) is 1. The standard InChI is InChI=1S/C18H30BNO2/c1-15(14-20-12-7-8-13-20)10-9-11-16(2)19-21-17(3,4)18(5,6)22-19/h9-11H,1,7-8,12-14H2,2-6H3/b10-9-,16-11+. The molecule has 0 aliphatic carbocycles. The number of rotatable bonds is 5. The van der Waals surface area contributed by atoms with Gasteiger partial charge in [0.15, 0.2) is 0 Å². The molecule has 0 radical (unpaired) electrons. The second-order valence-electron chi connectivity index (χ2n) is 7.50. The SMILES string of the molecule is C=C(/C=C\C=C(/C)B1OC(C)(C)C(C)(C)O1)CN1CCCC1. The van der Waals surface area contributed by atoms with E-state index in [9.17, 15) is 0 Å². The summed E-state index contributed by atoms with van der Waals surface area (Å²) in [6, 6.07) is 0. The van der Waals surface area contributed by atoms with E-state index in [1.54, 1.807) is 0 Å². The molecule has 0 atom stereocenters. The number of allylic oxidation sites excluding steroid dienone is 3. The van der Waals surface area contributed by atoms with Gasteiger partial charge in [0.2, 0.25) is 0 Å². The third-order valence-electron chi connectivity index (χ3n) is 4.94. The third kappa shape index (κ3) is 4.12. The maximum Gasteiger partial charge on any atom is 0.490 e. The summed E-state index contributed by atoms with van der Waals surface area (Å²) in [5.74, 6) is 0. The van der Waals surface area contributed by atoms with E-state index >= 15 is 0 Å². The van der Waals surface area contributed by atoms with Crippen LogP contribution in [0.4, 0.5) is 0 Å². The monoisotopic (exact) mass is 303 g/mol. The molecule has 4 heteroatoms. The van der Waals surface area contributed by atoms with Crippen molar-refractivity contribution in [1.82, 2.24) is 4.90 Å². The Hall–Kier alpha value is -0.835. The van der Waals surface area contributed by atoms with Crippen LogP contribution in [0.1, 0.15) is 47.5 Å². The lowest BCUT2D eigenvalue weighted by molar-refractivity contribution is 0.00578. The predicted octanol–water partition coefficient (Wildman–Crippen LogP) is 3.77. The van der Waals surface area contributed by atoms with Gasteiger partial charge in [-0.15, -0.1) is 0 Å². The van der Waals surface area contributed by atoms with Crippen LogP contribution in [-0.4, -0.2) is 42.9 Å². The molecule has 0 spiro atoms. The molecule has 0 aromatic carbocycles. The van der Waals surface area contributed by atoms with Crippen molar-refractivity contribution in [2.24, 2.45) is 0 Å². The van der Waals surface area contributed by atoms with Crippen molar-refractivity contribution in [3.8, 4) is 0 Å². The first kappa shape index (κ1) is 17.5. The molecule has 2 aliphatic heterocycles. The molecule has 2 fully saturated rings. The molecule has 0 amide bonds. The Balaban J connectivity index is 1.87. The molecule has 0 bridgehead atoms. The molecule has 0 saturated carbocycles. The fraction of sp³-hybridized carbons (Fsp3) is 0.667. The van der Waals surface area contributed by atoms with Gasteiger partial charge in [0.1, 0.15) is 0 Å². The summed E-state index contributed by atoms with van der Waals surface area (Å²) in [6.07, 6.45) is 8.85. The minimum atomic E-state index is -0.282. The average Bonchev–Trinajstić information content (AvgIpc) is 2.96. The molecule has 22 heavy (non-hydrogen) atoms. The number of likely N-dealkylation sites (tertiary alicyclic amines) is 1. The van der Waals surface area contributed by atoms with E-state index in [4.69, 9.17) is 9.31 Å². The van der Waals surface area contributed by atoms with Gasteiger partial charge in [-0.25, -0.2) is 0 Å². The lowest BCUT2D eigenvalue weighted by atomic mass is 9.79. The Morgan fingerprint density at radius 3 is 2.23 bits per heavy atom. The van der Waals surface area contributed by atoms with Crippen molar-refractivity contribution < 1.29 is 9.31 Å². The quantitative estimate of drug-likeness (QED) is 0.570. The van der Waals surface area contributed by atoms with E-state index in [0.29, 0.717) is 0 Å². The fourth-order valence-corrected chi connectivity index (χ4v) is 2.72. The van der Waals surface area contributed by atoms with Crippen LogP contribution >= 0.6 is 0 Å². The van der Waals surface area contributed by atoms with Crippen LogP contribution in [0.2, 0.25) is 0 Å². The smallest absolute Gasteiger partial charge is 0.400 e. The summed E-state index contributed by atoms with van der Waals surface area (Å²) in [5.41, 5.74) is 1.68. The van der Waals surface area contributed by atoms with Gasteiger partial charge in [0, 0.05) is 6.54 Å². The van der Waals surface area contributed by atoms with Crippen LogP contribution in [-0.2, 0) is 9.31 Å². The second-order valence-corrected chi connectivity index (χ2v) is 7.50. The lowest BCUT2D eigenvalue weighted by Crippen LogP contribution is -2.41. The molecule has 0 N–H and O–H groups in total. The largest absolute Gasteiger partial charge is 0.490 e. The Morgan fingerprint density at radius 2 is 1.68 bits per heavy atom. The topological polar surface area (TPSA) is 21.7 Å². The van der Waals surface area contributed by atoms with Crippen LogP contribution in [0.15, 0.2) is 35.9 Å². The average molecular weight is 303 g/mol. The zero-order valence-corrected chi connectivity index (χ0v) is 14.8. The minimum Gasteiger partial charge on any atom is -0.400 e. The maximum absolute atomic E-state index is 6.04. The molecular weight excluding hydrogens is 273 g/mol. The van der Waals surface area contributed by atoms with Gasteiger partial charge in [0.05, 0.1) is 11.2 Å². The van der Waals surface area contributed by atoms with Gasteiger partial charge < -0.3 is 9.31 Å². The van der Waals surface area contributed by atoms with Crippen molar-refractivity contribution in [3.63, 3.8) is 0 Å². The van der Waals surface area contributed by atoms with Crippen LogP contribution in [0.5, 0.6) is 0 Å². The summed E-state index contributed by atoms with van der Waals surface area (Å²) < 4.78 is 12.1. The molecule has 2 aliphatic rings. The van der Waals surface area contributed by atoms with E-state index in [2.05, 4.69) is 64.3 Å². The Kier molecular flexibility index (Phi) is 5.36. The van der Waals surface area contributed by atoms with E-state index < -0.39 is 0 Å². The highest BCUT2D eigenvalue weighted by Gasteiger charge is 2.51. The summed E-state index contributed by atoms with van der Waals surface area (Å²) in [7, 11) is -0.263. The fourth-order valence-electron chi connectivity index (χ4n) is 2.72. The molecule has 3 nitrogen and oxygen atoms in total. The maximum atomic E-state index is 6.04. The van der Waals surface area contributed by atoms with Crippen molar-refractivity contribution >= 4 is 7.12 Å². The molecule has 122 valence electrons. The van der Waals surface area contributed by atoms with Crippen LogP contribution in [0, 0.1) is 0 Å². The highest BCUT2D eigenvalue weighted by atomic mass is 16.7. The first-order chi connectivity index (χ1) is 10.2. The summed E-state index contributed by atoms with van der Waals surface area (Å²) >= 11 is 0. The zero-order valence-electron chi connectivity index (χ0n) is 14.8. The van der Waals surface area contributed by atoms with Gasteiger partial charge in [-0.3, -0.25) is 4.90 Å². The molecule has 0 aromatic heterocycles. The molecule has 2 heterocycles. The predicted molar refractivity (Wildman–Crippen MR) is 93.8 cm³/mol. The Morgan fingerprint density at radius 1 is 1.14 bits per heavy atom. The summed E-state index contributed by atoms with van der Waals surface area (Å²) in [4.78, 5) is 2.46. The molecular formula is C18H30BNO2. The highest BCUT2D eigenvalue weighted by Crippen LogP contribution is 2.38. The first-order valence-electron chi connectivity index (χ1n) is 8.32. The van der Waals surface area contributed by atoms with E-state index in [0.717, 1.165) is 17.6 Å². The summed E-state index contributed by atoms with van der Waals surface area (Å²) in [5, 5.41) is 0. The van der Waals surface area contributed by atoms with E-state index in [-0.39, 0.29) is 18.3 Å². The van der Waals surface area contributed by atoms with E-state index in [1.807, 2.05) is 0 Å². The Labute approximate surface area is 136 Å². The lowest BCUT2D eigenvalue weighted by Gasteiger charge is -2.32. The normalized spacial score (nSPS) is 25.3. The third-order valence-corrected chi connectivity index (χ3v) is 4.94. The van der Waals surface area contributed by atoms with Gasteiger partial charge in [0.25, 0.3) is 0 Å². The van der Waals surface area contributed by atoms with Gasteiger partial charge in [-0.2, -0.15) is 0 Å². The van der Waals surface area contributed by atoms with Crippen molar-refractivity contribution in [3.05, 3.63) is 35.9 Å². The zero-order chi connectivity index (χ0) is 16.4. The van der Waals surface area contributed by atoms with Crippen molar-refractivity contribution in [2.45, 2.75) is 58.7 Å². The van der Waals surface area contributed by atoms with Crippen LogP contribution < -0.4 is 0 Å². The minimum absolute atomic E-state index is 0.263. The van der Waals surface area contributed by atoms with Gasteiger partial charge in [-0.1, -0.05) is 24.8 Å². The highest BCUT2D eigenvalue weighted by molar-refractivity contribution is 6.54.